The summed E-state index contributed by atoms with van der Waals surface area (Å²) in [7, 11) is 8.93. The molecule has 1 fully saturated rings. The number of ether oxygens (including phenoxy) is 2. The number of aliphatic hydroxyl groups is 1. The van der Waals surface area contributed by atoms with Gasteiger partial charge in [0.1, 0.15) is 23.6 Å². The van der Waals surface area contributed by atoms with Crippen molar-refractivity contribution in [2.45, 2.75) is 104 Å². The normalized spacial score (nSPS) is 16.5. The number of methoxy groups -OCH3 is 2. The number of aliphatic hydroxyl groups excluding tert-OH is 1. The molecule has 16 nitrogen and oxygen atoms in total. The molecule has 4 N–H and O–H groups in total. The predicted octanol–water partition coefficient (Wildman–Crippen LogP) is 5.00. The maximum atomic E-state index is 14.1. The molecule has 2 aromatic heterocycles. The predicted molar refractivity (Wildman–Crippen MR) is 255 cm³/mol. The third-order valence-corrected chi connectivity index (χ3v) is 13.3. The first-order valence-electron chi connectivity index (χ1n) is 22.6. The number of benzene rings is 2. The van der Waals surface area contributed by atoms with Gasteiger partial charge in [-0.15, -0.1) is 11.3 Å². The van der Waals surface area contributed by atoms with E-state index in [1.54, 1.807) is 42.1 Å². The van der Waals surface area contributed by atoms with E-state index in [9.17, 15) is 29.1 Å². The molecule has 3 atom stereocenters. The second-order valence-electron chi connectivity index (χ2n) is 18.7. The van der Waals surface area contributed by atoms with E-state index in [1.165, 1.54) is 4.90 Å². The van der Waals surface area contributed by atoms with E-state index in [4.69, 9.17) is 9.47 Å². The van der Waals surface area contributed by atoms with Crippen molar-refractivity contribution in [3.8, 4) is 33.1 Å². The number of nitrogens with one attached hydrogen (secondary N) is 3. The number of hydrogen-bond acceptors (Lipinski definition) is 11. The van der Waals surface area contributed by atoms with Crippen LogP contribution in [-0.2, 0) is 47.5 Å². The minimum atomic E-state index is -0.922. The molecule has 1 saturated heterocycles. The molecule has 356 valence electrons. The lowest BCUT2D eigenvalue weighted by Crippen LogP contribution is -2.57. The van der Waals surface area contributed by atoms with Crippen LogP contribution in [0.2, 0.25) is 0 Å². The molecule has 0 unspecified atom stereocenters. The van der Waals surface area contributed by atoms with E-state index >= 15 is 0 Å². The zero-order valence-corrected chi connectivity index (χ0v) is 40.6. The molecule has 2 aromatic carbocycles. The van der Waals surface area contributed by atoms with Crippen LogP contribution in [0.25, 0.3) is 21.6 Å². The largest absolute Gasteiger partial charge is 0.496 e. The second kappa shape index (κ2) is 21.7. The molecule has 17 heteroatoms. The fraction of sp³-hybridized carbons (Fsp3) is 0.510. The highest BCUT2D eigenvalue weighted by Crippen LogP contribution is 2.38. The van der Waals surface area contributed by atoms with Gasteiger partial charge in [-0.1, -0.05) is 51.5 Å². The molecule has 4 aromatic rings. The van der Waals surface area contributed by atoms with E-state index in [1.807, 2.05) is 94.8 Å². The fourth-order valence-corrected chi connectivity index (χ4v) is 9.55. The highest BCUT2D eigenvalue weighted by Gasteiger charge is 2.44. The summed E-state index contributed by atoms with van der Waals surface area (Å²) in [4.78, 5) is 78.1. The van der Waals surface area contributed by atoms with E-state index in [-0.39, 0.29) is 55.9 Å². The van der Waals surface area contributed by atoms with Gasteiger partial charge >= 0.3 is 6.03 Å². The van der Waals surface area contributed by atoms with Gasteiger partial charge in [-0.25, -0.2) is 9.78 Å². The van der Waals surface area contributed by atoms with Crippen LogP contribution in [0.3, 0.4) is 0 Å². The number of thiazole rings is 1. The molecular weight excluding hydrogens is 861 g/mol. The summed E-state index contributed by atoms with van der Waals surface area (Å²) in [6.45, 7) is 9.41. The number of hydrogen-bond donors (Lipinski definition) is 4. The van der Waals surface area contributed by atoms with Crippen molar-refractivity contribution in [1.29, 1.82) is 0 Å². The summed E-state index contributed by atoms with van der Waals surface area (Å²) in [6.07, 6.45) is 3.56. The third-order valence-electron chi connectivity index (χ3n) is 12.3. The summed E-state index contributed by atoms with van der Waals surface area (Å²) >= 11 is 1.57. The Balaban J connectivity index is 0.973. The van der Waals surface area contributed by atoms with Crippen LogP contribution in [0, 0.1) is 12.3 Å². The highest BCUT2D eigenvalue weighted by atomic mass is 32.1. The lowest BCUT2D eigenvalue weighted by molar-refractivity contribution is -0.144. The van der Waals surface area contributed by atoms with Crippen molar-refractivity contribution in [3.05, 3.63) is 86.4 Å². The van der Waals surface area contributed by atoms with Crippen molar-refractivity contribution in [2.24, 2.45) is 12.5 Å². The second-order valence-corrected chi connectivity index (χ2v) is 19.5. The molecule has 5 amide bonds. The Kier molecular flexibility index (Phi) is 16.3. The lowest BCUT2D eigenvalue weighted by Gasteiger charge is -2.35. The average molecular weight is 927 g/mol. The van der Waals surface area contributed by atoms with E-state index in [2.05, 4.69) is 20.9 Å². The first kappa shape index (κ1) is 49.6. The Bertz CT molecular complexity index is 2420. The number of fused-ring (bicyclic) bond motifs is 1. The minimum Gasteiger partial charge on any atom is -0.496 e. The smallest absolute Gasteiger partial charge is 0.317 e. The Morgan fingerprint density at radius 2 is 1.68 bits per heavy atom. The summed E-state index contributed by atoms with van der Waals surface area (Å²) in [6, 6.07) is 9.76. The number of aryl methyl sites for hydroxylation is 2. The number of pyridine rings is 1. The van der Waals surface area contributed by atoms with Gasteiger partial charge in [0.05, 0.1) is 48.5 Å². The summed E-state index contributed by atoms with van der Waals surface area (Å²) in [5.41, 5.74) is 8.05. The van der Waals surface area contributed by atoms with Gasteiger partial charge in [0.15, 0.2) is 0 Å². The van der Waals surface area contributed by atoms with Crippen LogP contribution in [0.15, 0.2) is 52.9 Å². The first-order valence-corrected chi connectivity index (χ1v) is 23.5. The van der Waals surface area contributed by atoms with Gasteiger partial charge in [0, 0.05) is 69.9 Å². The number of amides is 5. The molecule has 0 aliphatic carbocycles. The molecular formula is C49H66N8O8S. The highest BCUT2D eigenvalue weighted by molar-refractivity contribution is 7.13. The average Bonchev–Trinajstić information content (AvgIpc) is 3.91. The minimum absolute atomic E-state index is 0.00714. The zero-order chi connectivity index (χ0) is 47.9. The van der Waals surface area contributed by atoms with E-state index < -0.39 is 29.5 Å². The number of β-amino-alcohol motifs (C(OH)–C–C–N with tert-alkyl or cyclic N) is 1. The van der Waals surface area contributed by atoms with E-state index in [0.717, 1.165) is 44.0 Å². The Hall–Kier alpha value is -5.78. The van der Waals surface area contributed by atoms with Crippen molar-refractivity contribution < 1.29 is 33.8 Å². The van der Waals surface area contributed by atoms with Crippen molar-refractivity contribution >= 4 is 35.1 Å². The van der Waals surface area contributed by atoms with Crippen LogP contribution in [0.4, 0.5) is 4.79 Å². The molecule has 6 rings (SSSR count). The number of urea groups is 1. The van der Waals surface area contributed by atoms with Crippen LogP contribution in [0.1, 0.15) is 80.8 Å². The Morgan fingerprint density at radius 3 is 2.30 bits per heavy atom. The molecule has 66 heavy (non-hydrogen) atoms. The van der Waals surface area contributed by atoms with Crippen molar-refractivity contribution in [2.75, 3.05) is 47.9 Å². The van der Waals surface area contributed by atoms with Crippen molar-refractivity contribution in [1.82, 2.24) is 40.2 Å². The Morgan fingerprint density at radius 1 is 0.985 bits per heavy atom. The molecule has 2 aliphatic rings. The zero-order valence-electron chi connectivity index (χ0n) is 39.8. The lowest BCUT2D eigenvalue weighted by atomic mass is 9.85. The molecule has 4 heterocycles. The summed E-state index contributed by atoms with van der Waals surface area (Å²) in [5.74, 6) is 0.310. The standard InChI is InChI=1S/C49H66N8O8S/c1-30-43(66-29-52-30)32-16-14-31(15-17-32)24-51-45(60)39-23-34(58)25-57(39)47(62)44(49(2,3)4)53-42(59)13-11-10-12-19-50-48(63)56-20-18-35-36(27-55(7)46(61)37(35)28-56)33-21-40(64-8)38(26-54(5)6)41(22-33)65-9/h14-17,21-22,27,29,34,39,44,58H,10-13,18-20,23-26,28H2,1-9H3,(H,50,63)(H,51,60)(H,53,59)/t34-,39+,44-/m1/s1. The van der Waals surface area contributed by atoms with Gasteiger partial charge in [0.2, 0.25) is 17.7 Å². The number of nitrogens with zero attached hydrogens (tertiary/aromatic N) is 5. The maximum Gasteiger partial charge on any atom is 0.317 e. The summed E-state index contributed by atoms with van der Waals surface area (Å²) in [5, 5.41) is 19.5. The van der Waals surface area contributed by atoms with Crippen LogP contribution >= 0.6 is 11.3 Å². The van der Waals surface area contributed by atoms with Gasteiger partial charge in [-0.05, 0) is 80.1 Å². The van der Waals surface area contributed by atoms with Crippen molar-refractivity contribution in [3.63, 3.8) is 0 Å². The number of unbranched alkanes of at least 4 members (excludes halogenated alkanes) is 2. The number of likely N-dealkylation sites (tertiary alicyclic amines) is 1. The van der Waals surface area contributed by atoms with Crippen LogP contribution in [0.5, 0.6) is 11.5 Å². The van der Waals surface area contributed by atoms with Gasteiger partial charge in [0.25, 0.3) is 5.56 Å². The number of rotatable bonds is 17. The molecule has 0 spiro atoms. The van der Waals surface area contributed by atoms with Crippen LogP contribution < -0.4 is 31.0 Å². The quantitative estimate of drug-likeness (QED) is 0.105. The molecule has 0 saturated carbocycles. The van der Waals surface area contributed by atoms with Gasteiger partial charge in [-0.3, -0.25) is 19.2 Å². The topological polar surface area (TPSA) is 188 Å². The monoisotopic (exact) mass is 926 g/mol. The third kappa shape index (κ3) is 11.8. The number of carbonyl (C=O) groups excluding carboxylic acids is 4. The van der Waals surface area contributed by atoms with Gasteiger partial charge < -0.3 is 49.8 Å². The number of aromatic nitrogens is 2. The SMILES string of the molecule is COc1cc(-c2cn(C)c(=O)c3c2CCN(C(=O)NCCCCCC(=O)N[C@H](C(=O)N2C[C@H](O)C[C@H]2C(=O)NCc2ccc(-c4scnc4C)cc2)C(C)(C)C)C3)cc(OC)c1CN(C)C. The van der Waals surface area contributed by atoms with E-state index in [0.29, 0.717) is 62.4 Å². The van der Waals surface area contributed by atoms with Gasteiger partial charge in [-0.2, -0.15) is 0 Å². The fourth-order valence-electron chi connectivity index (χ4n) is 8.74. The summed E-state index contributed by atoms with van der Waals surface area (Å²) < 4.78 is 13.1. The molecule has 0 bridgehead atoms. The molecule has 2 aliphatic heterocycles. The number of carbonyl (C=O) groups is 4. The molecule has 0 radical (unpaired) electrons. The Labute approximate surface area is 391 Å². The first-order chi connectivity index (χ1) is 31.4. The maximum absolute atomic E-state index is 14.1. The van der Waals surface area contributed by atoms with Crippen LogP contribution in [-0.4, -0.2) is 119 Å².